The summed E-state index contributed by atoms with van der Waals surface area (Å²) < 4.78 is 1.03. The Morgan fingerprint density at radius 1 is 1.40 bits per heavy atom. The number of hydrogen-bond acceptors (Lipinski definition) is 3. The molecule has 0 saturated heterocycles. The Morgan fingerprint density at radius 2 is 2.15 bits per heavy atom. The van der Waals surface area contributed by atoms with Crippen LogP contribution in [-0.4, -0.2) is 16.4 Å². The number of nitrogens with one attached hydrogen (secondary N) is 1. The highest BCUT2D eigenvalue weighted by atomic mass is 79.9. The van der Waals surface area contributed by atoms with E-state index in [2.05, 4.69) is 26.2 Å². The van der Waals surface area contributed by atoms with Gasteiger partial charge in [-0.05, 0) is 31.5 Å². The fourth-order valence-electron chi connectivity index (χ4n) is 2.17. The van der Waals surface area contributed by atoms with Gasteiger partial charge < -0.3 is 11.1 Å². The third kappa shape index (κ3) is 3.55. The van der Waals surface area contributed by atoms with Crippen molar-refractivity contribution in [2.75, 3.05) is 0 Å². The van der Waals surface area contributed by atoms with Gasteiger partial charge in [0.05, 0.1) is 5.52 Å². The van der Waals surface area contributed by atoms with Gasteiger partial charge in [-0.25, -0.2) is 0 Å². The summed E-state index contributed by atoms with van der Waals surface area (Å²) in [4.78, 5) is 15.5. The fourth-order valence-corrected chi connectivity index (χ4v) is 2.62. The Bertz CT molecular complexity index is 640. The van der Waals surface area contributed by atoms with Crippen molar-refractivity contribution < 1.29 is 4.79 Å². The topological polar surface area (TPSA) is 68.0 Å². The van der Waals surface area contributed by atoms with Crippen LogP contribution in [0, 0.1) is 0 Å². The van der Waals surface area contributed by atoms with Crippen molar-refractivity contribution in [1.82, 2.24) is 10.3 Å². The predicted molar refractivity (Wildman–Crippen MR) is 84.2 cm³/mol. The monoisotopic (exact) mass is 335 g/mol. The van der Waals surface area contributed by atoms with E-state index in [9.17, 15) is 4.79 Å². The normalized spacial score (nSPS) is 11.8. The van der Waals surface area contributed by atoms with Crippen molar-refractivity contribution in [3.63, 3.8) is 0 Å². The zero-order valence-corrected chi connectivity index (χ0v) is 13.2. The number of hydrogen-bond donors (Lipinski definition) is 2. The molecule has 3 N–H and O–H groups in total. The number of carbonyl (C=O) groups is 1. The average molecular weight is 336 g/mol. The molecule has 1 aromatic carbocycles. The summed E-state index contributed by atoms with van der Waals surface area (Å²) in [7, 11) is 0. The third-order valence-corrected chi connectivity index (χ3v) is 3.87. The smallest absolute Gasteiger partial charge is 0.219 e. The second-order valence-electron chi connectivity index (χ2n) is 5.49. The molecular weight excluding hydrogens is 318 g/mol. The highest BCUT2D eigenvalue weighted by molar-refractivity contribution is 9.10. The second kappa shape index (κ2) is 5.89. The van der Waals surface area contributed by atoms with E-state index in [0.29, 0.717) is 13.0 Å². The first-order chi connectivity index (χ1) is 9.39. The lowest BCUT2D eigenvalue weighted by atomic mass is 9.99. The van der Waals surface area contributed by atoms with Crippen molar-refractivity contribution in [3.05, 3.63) is 40.5 Å². The van der Waals surface area contributed by atoms with E-state index < -0.39 is 0 Å². The van der Waals surface area contributed by atoms with Gasteiger partial charge in [0, 0.05) is 34.6 Å². The van der Waals surface area contributed by atoms with Gasteiger partial charge in [0.25, 0.3) is 0 Å². The Morgan fingerprint density at radius 3 is 2.85 bits per heavy atom. The molecular formula is C15H18BrN3O. The summed E-state index contributed by atoms with van der Waals surface area (Å²) in [6.07, 6.45) is 2.09. The predicted octanol–water partition coefficient (Wildman–Crippen LogP) is 2.74. The Labute approximate surface area is 126 Å². The zero-order chi connectivity index (χ0) is 14.8. The molecule has 2 aromatic rings. The molecule has 20 heavy (non-hydrogen) atoms. The SMILES string of the molecule is CC(C)(CC(N)=O)NCc1ccc(Br)c2cccnc12. The summed E-state index contributed by atoms with van der Waals surface area (Å²) in [6.45, 7) is 4.57. The molecule has 0 aliphatic carbocycles. The number of halogens is 1. The minimum atomic E-state index is -0.333. The molecule has 0 saturated carbocycles. The standard InChI is InChI=1S/C15H18BrN3O/c1-15(2,8-13(17)20)19-9-10-5-6-12(16)11-4-3-7-18-14(10)11/h3-7,19H,8-9H2,1-2H3,(H2,17,20). The van der Waals surface area contributed by atoms with E-state index in [4.69, 9.17) is 5.73 Å². The molecule has 5 heteroatoms. The van der Waals surface area contributed by atoms with Gasteiger partial charge in [0.15, 0.2) is 0 Å². The molecule has 0 spiro atoms. The first-order valence-electron chi connectivity index (χ1n) is 6.44. The Hall–Kier alpha value is -1.46. The minimum absolute atomic E-state index is 0.300. The number of benzene rings is 1. The summed E-state index contributed by atoms with van der Waals surface area (Å²) in [5.74, 6) is -0.304. The average Bonchev–Trinajstić information content (AvgIpc) is 2.37. The molecule has 106 valence electrons. The lowest BCUT2D eigenvalue weighted by Crippen LogP contribution is -2.42. The van der Waals surface area contributed by atoms with Gasteiger partial charge >= 0.3 is 0 Å². The number of pyridine rings is 1. The number of aromatic nitrogens is 1. The number of primary amides is 1. The summed E-state index contributed by atoms with van der Waals surface area (Å²) in [5, 5.41) is 4.44. The molecule has 1 heterocycles. The first kappa shape index (κ1) is 14.9. The maximum atomic E-state index is 11.0. The lowest BCUT2D eigenvalue weighted by molar-refractivity contribution is -0.119. The molecule has 0 fully saturated rings. The highest BCUT2D eigenvalue weighted by Gasteiger charge is 2.20. The molecule has 0 radical (unpaired) electrons. The van der Waals surface area contributed by atoms with Crippen LogP contribution in [0.25, 0.3) is 10.9 Å². The van der Waals surface area contributed by atoms with Gasteiger partial charge in [0.2, 0.25) is 5.91 Å². The van der Waals surface area contributed by atoms with Crippen LogP contribution >= 0.6 is 15.9 Å². The third-order valence-electron chi connectivity index (χ3n) is 3.17. The van der Waals surface area contributed by atoms with Crippen LogP contribution in [0.3, 0.4) is 0 Å². The van der Waals surface area contributed by atoms with Crippen LogP contribution in [0.5, 0.6) is 0 Å². The van der Waals surface area contributed by atoms with Crippen LogP contribution in [0.1, 0.15) is 25.8 Å². The van der Waals surface area contributed by atoms with Crippen molar-refractivity contribution in [1.29, 1.82) is 0 Å². The van der Waals surface area contributed by atoms with Crippen molar-refractivity contribution in [2.45, 2.75) is 32.4 Å². The highest BCUT2D eigenvalue weighted by Crippen LogP contribution is 2.25. The summed E-state index contributed by atoms with van der Waals surface area (Å²) in [5.41, 5.74) is 6.99. The Balaban J connectivity index is 2.23. The second-order valence-corrected chi connectivity index (χ2v) is 6.34. The maximum absolute atomic E-state index is 11.0. The van der Waals surface area contributed by atoms with Gasteiger partial charge in [-0.2, -0.15) is 0 Å². The number of nitrogens with zero attached hydrogens (tertiary/aromatic N) is 1. The number of rotatable bonds is 5. The van der Waals surface area contributed by atoms with E-state index in [1.165, 1.54) is 0 Å². The quantitative estimate of drug-likeness (QED) is 0.882. The number of amides is 1. The van der Waals surface area contributed by atoms with Gasteiger partial charge in [-0.1, -0.05) is 28.1 Å². The largest absolute Gasteiger partial charge is 0.370 e. The van der Waals surface area contributed by atoms with Crippen LogP contribution < -0.4 is 11.1 Å². The molecule has 0 aliphatic heterocycles. The zero-order valence-electron chi connectivity index (χ0n) is 11.6. The molecule has 0 atom stereocenters. The minimum Gasteiger partial charge on any atom is -0.370 e. The summed E-state index contributed by atoms with van der Waals surface area (Å²) >= 11 is 3.53. The maximum Gasteiger partial charge on any atom is 0.219 e. The molecule has 2 rings (SSSR count). The first-order valence-corrected chi connectivity index (χ1v) is 7.24. The Kier molecular flexibility index (Phi) is 4.40. The molecule has 0 bridgehead atoms. The van der Waals surface area contributed by atoms with Crippen molar-refractivity contribution in [3.8, 4) is 0 Å². The van der Waals surface area contributed by atoms with Crippen LogP contribution in [0.15, 0.2) is 34.9 Å². The molecule has 4 nitrogen and oxygen atoms in total. The van der Waals surface area contributed by atoms with E-state index in [0.717, 1.165) is 20.9 Å². The van der Waals surface area contributed by atoms with Crippen molar-refractivity contribution in [2.24, 2.45) is 5.73 Å². The van der Waals surface area contributed by atoms with Gasteiger partial charge in [-0.3, -0.25) is 9.78 Å². The van der Waals surface area contributed by atoms with Crippen LogP contribution in [-0.2, 0) is 11.3 Å². The van der Waals surface area contributed by atoms with E-state index in [1.807, 2.05) is 38.1 Å². The fraction of sp³-hybridized carbons (Fsp3) is 0.333. The lowest BCUT2D eigenvalue weighted by Gasteiger charge is -2.25. The molecule has 1 amide bonds. The van der Waals surface area contributed by atoms with E-state index in [1.54, 1.807) is 6.20 Å². The number of carbonyl (C=O) groups excluding carboxylic acids is 1. The number of nitrogens with two attached hydrogens (primary N) is 1. The molecule has 0 aliphatic rings. The number of fused-ring (bicyclic) bond motifs is 1. The summed E-state index contributed by atoms with van der Waals surface area (Å²) in [6, 6.07) is 8.00. The van der Waals surface area contributed by atoms with E-state index in [-0.39, 0.29) is 11.4 Å². The van der Waals surface area contributed by atoms with Crippen LogP contribution in [0.4, 0.5) is 0 Å². The molecule has 1 aromatic heterocycles. The molecule has 0 unspecified atom stereocenters. The van der Waals surface area contributed by atoms with Crippen LogP contribution in [0.2, 0.25) is 0 Å². The van der Waals surface area contributed by atoms with Gasteiger partial charge in [0.1, 0.15) is 0 Å². The van der Waals surface area contributed by atoms with E-state index >= 15 is 0 Å². The van der Waals surface area contributed by atoms with Gasteiger partial charge in [-0.15, -0.1) is 0 Å². The van der Waals surface area contributed by atoms with Crippen molar-refractivity contribution >= 4 is 32.7 Å².